The van der Waals surface area contributed by atoms with E-state index >= 15 is 0 Å². The van der Waals surface area contributed by atoms with Gasteiger partial charge in [-0.25, -0.2) is 0 Å². The van der Waals surface area contributed by atoms with Crippen LogP contribution in [-0.2, 0) is 9.59 Å². The van der Waals surface area contributed by atoms with Crippen LogP contribution < -0.4 is 0 Å². The van der Waals surface area contributed by atoms with E-state index in [0.717, 1.165) is 44.1 Å². The van der Waals surface area contributed by atoms with E-state index in [1.54, 1.807) is 13.0 Å². The summed E-state index contributed by atoms with van der Waals surface area (Å²) in [6.45, 7) is 5.97. The smallest absolute Gasteiger partial charge is 0.211 e. The summed E-state index contributed by atoms with van der Waals surface area (Å²) in [7, 11) is 0. The highest BCUT2D eigenvalue weighted by Gasteiger charge is 2.62. The number of hydrogen-bond donors (Lipinski definition) is 2. The molecule has 0 aromatic carbocycles. The van der Waals surface area contributed by atoms with Crippen molar-refractivity contribution in [1.82, 2.24) is 0 Å². The summed E-state index contributed by atoms with van der Waals surface area (Å²) in [6.07, 6.45) is 7.34. The summed E-state index contributed by atoms with van der Waals surface area (Å²) in [6, 6.07) is 0. The van der Waals surface area contributed by atoms with Crippen LogP contribution >= 0.6 is 0 Å². The molecule has 2 N–H and O–H groups in total. The average molecular weight is 344 g/mol. The molecule has 6 atom stereocenters. The summed E-state index contributed by atoms with van der Waals surface area (Å²) in [5.74, 6) is 0.478. The minimum absolute atomic E-state index is 0.0579. The van der Waals surface area contributed by atoms with Gasteiger partial charge in [-0.2, -0.15) is 0 Å². The molecule has 0 aromatic heterocycles. The second-order valence-electron chi connectivity index (χ2n) is 9.14. The summed E-state index contributed by atoms with van der Waals surface area (Å²) in [4.78, 5) is 25.1. The molecule has 0 saturated heterocycles. The molecule has 136 valence electrons. The quantitative estimate of drug-likeness (QED) is 0.745. The van der Waals surface area contributed by atoms with Gasteiger partial charge in [0.1, 0.15) is 5.78 Å². The Morgan fingerprint density at radius 1 is 1.12 bits per heavy atom. The number of carbonyl (C=O) groups excluding carboxylic acids is 2. The first-order valence-corrected chi connectivity index (χ1v) is 9.59. The number of Topliss-reactive ketones (excluding diaryl/α,β-unsaturated/α-hetero) is 2. The Balaban J connectivity index is 1.72. The van der Waals surface area contributed by atoms with Crippen molar-refractivity contribution < 1.29 is 19.8 Å². The lowest BCUT2D eigenvalue weighted by Gasteiger charge is -2.56. The standard InChI is InChI=1S/C21H28O4/c1-11(22)14-6-7-15-13-5-4-12-10-17(23)18(24)19(25)21(12,3)16(13)8-9-20(14,15)2/h10,13-16,23-24H,4-9H2,1-3H3/t13-,14-,15-,16-,20+,21-/m0/s1. The monoisotopic (exact) mass is 344 g/mol. The summed E-state index contributed by atoms with van der Waals surface area (Å²) in [5, 5.41) is 20.0. The predicted molar refractivity (Wildman–Crippen MR) is 93.9 cm³/mol. The van der Waals surface area contributed by atoms with E-state index in [4.69, 9.17) is 0 Å². The van der Waals surface area contributed by atoms with Gasteiger partial charge in [0.2, 0.25) is 11.5 Å². The fourth-order valence-electron chi connectivity index (χ4n) is 7.03. The van der Waals surface area contributed by atoms with E-state index in [0.29, 0.717) is 17.6 Å². The van der Waals surface area contributed by atoms with Crippen LogP contribution in [0.25, 0.3) is 0 Å². The van der Waals surface area contributed by atoms with Crippen molar-refractivity contribution >= 4 is 11.6 Å². The van der Waals surface area contributed by atoms with Crippen LogP contribution in [0.1, 0.15) is 59.3 Å². The lowest BCUT2D eigenvalue weighted by molar-refractivity contribution is -0.138. The molecule has 0 bridgehead atoms. The van der Waals surface area contributed by atoms with E-state index in [2.05, 4.69) is 6.92 Å². The fourth-order valence-corrected chi connectivity index (χ4v) is 7.03. The maximum atomic E-state index is 12.9. The Bertz CT molecular complexity index is 717. The van der Waals surface area contributed by atoms with Gasteiger partial charge in [-0.1, -0.05) is 12.5 Å². The molecule has 0 spiro atoms. The minimum Gasteiger partial charge on any atom is -0.504 e. The third-order valence-corrected chi connectivity index (χ3v) is 8.32. The van der Waals surface area contributed by atoms with Crippen LogP contribution in [0, 0.1) is 34.5 Å². The predicted octanol–water partition coefficient (Wildman–Crippen LogP) is 4.27. The van der Waals surface area contributed by atoms with Crippen molar-refractivity contribution in [3.8, 4) is 0 Å². The molecule has 4 rings (SSSR count). The first-order chi connectivity index (χ1) is 11.7. The lowest BCUT2D eigenvalue weighted by Crippen LogP contribution is -2.53. The van der Waals surface area contributed by atoms with Crippen molar-refractivity contribution in [2.45, 2.75) is 59.3 Å². The van der Waals surface area contributed by atoms with E-state index in [1.807, 2.05) is 6.92 Å². The number of ketones is 2. The lowest BCUT2D eigenvalue weighted by atomic mass is 9.46. The first kappa shape index (κ1) is 16.9. The molecular formula is C21H28O4. The number of aliphatic hydroxyl groups excluding tert-OH is 2. The molecule has 3 fully saturated rings. The summed E-state index contributed by atoms with van der Waals surface area (Å²) in [5.41, 5.74) is 0.329. The molecule has 0 radical (unpaired) electrons. The molecule has 4 nitrogen and oxygen atoms in total. The van der Waals surface area contributed by atoms with Gasteiger partial charge in [-0.3, -0.25) is 9.59 Å². The van der Waals surface area contributed by atoms with Gasteiger partial charge >= 0.3 is 0 Å². The second kappa shape index (κ2) is 5.21. The summed E-state index contributed by atoms with van der Waals surface area (Å²) < 4.78 is 0. The van der Waals surface area contributed by atoms with Gasteiger partial charge in [-0.05, 0) is 81.6 Å². The van der Waals surface area contributed by atoms with Crippen LogP contribution in [0.2, 0.25) is 0 Å². The zero-order valence-electron chi connectivity index (χ0n) is 15.3. The zero-order chi connectivity index (χ0) is 18.1. The Morgan fingerprint density at radius 3 is 2.52 bits per heavy atom. The van der Waals surface area contributed by atoms with Gasteiger partial charge in [-0.15, -0.1) is 0 Å². The average Bonchev–Trinajstić information content (AvgIpc) is 2.92. The molecule has 3 saturated carbocycles. The topological polar surface area (TPSA) is 74.6 Å². The maximum Gasteiger partial charge on any atom is 0.211 e. The van der Waals surface area contributed by atoms with E-state index < -0.39 is 11.2 Å². The fraction of sp³-hybridized carbons (Fsp3) is 0.714. The maximum absolute atomic E-state index is 12.9. The van der Waals surface area contributed by atoms with Gasteiger partial charge in [0.05, 0.1) is 5.41 Å². The highest BCUT2D eigenvalue weighted by Crippen LogP contribution is 2.66. The van der Waals surface area contributed by atoms with E-state index in [1.165, 1.54) is 0 Å². The van der Waals surface area contributed by atoms with Crippen molar-refractivity contribution in [3.63, 3.8) is 0 Å². The molecule has 0 aliphatic heterocycles. The van der Waals surface area contributed by atoms with Crippen LogP contribution in [0.4, 0.5) is 0 Å². The zero-order valence-corrected chi connectivity index (χ0v) is 15.3. The number of carbonyl (C=O) groups is 2. The van der Waals surface area contributed by atoms with Crippen LogP contribution in [0.3, 0.4) is 0 Å². The Morgan fingerprint density at radius 2 is 1.84 bits per heavy atom. The van der Waals surface area contributed by atoms with Gasteiger partial charge in [0, 0.05) is 5.92 Å². The van der Waals surface area contributed by atoms with E-state index in [-0.39, 0.29) is 28.8 Å². The number of fused-ring (bicyclic) bond motifs is 5. The first-order valence-electron chi connectivity index (χ1n) is 9.59. The molecule has 0 amide bonds. The number of aliphatic hydroxyl groups is 2. The molecule has 0 aromatic rings. The van der Waals surface area contributed by atoms with Crippen LogP contribution in [0.15, 0.2) is 23.2 Å². The van der Waals surface area contributed by atoms with Crippen molar-refractivity contribution in [2.24, 2.45) is 34.5 Å². The highest BCUT2D eigenvalue weighted by molar-refractivity contribution is 6.02. The SMILES string of the molecule is CC(=O)[C@@H]1CC[C@H]2[C@@H]3CCC4=CC(O)=C(O)C(=O)[C@]4(C)[C@H]3CC[C@]12C. The number of rotatable bonds is 1. The molecular weight excluding hydrogens is 316 g/mol. The minimum atomic E-state index is -0.700. The van der Waals surface area contributed by atoms with E-state index in [9.17, 15) is 19.8 Å². The molecule has 4 heteroatoms. The number of allylic oxidation sites excluding steroid dienone is 3. The number of hydrogen-bond acceptors (Lipinski definition) is 4. The van der Waals surface area contributed by atoms with Gasteiger partial charge < -0.3 is 10.2 Å². The highest BCUT2D eigenvalue weighted by atomic mass is 16.3. The molecule has 25 heavy (non-hydrogen) atoms. The van der Waals surface area contributed by atoms with Crippen molar-refractivity contribution in [3.05, 3.63) is 23.2 Å². The third kappa shape index (κ3) is 2.00. The normalized spacial score (nSPS) is 46.2. The molecule has 0 unspecified atom stereocenters. The molecule has 4 aliphatic carbocycles. The van der Waals surface area contributed by atoms with Crippen LogP contribution in [0.5, 0.6) is 0 Å². The molecule has 4 aliphatic rings. The Kier molecular flexibility index (Phi) is 3.52. The van der Waals surface area contributed by atoms with Gasteiger partial charge in [0.25, 0.3) is 0 Å². The second-order valence-corrected chi connectivity index (χ2v) is 9.14. The Hall–Kier alpha value is -1.58. The van der Waals surface area contributed by atoms with Gasteiger partial charge in [0.15, 0.2) is 5.76 Å². The summed E-state index contributed by atoms with van der Waals surface area (Å²) >= 11 is 0. The van der Waals surface area contributed by atoms with Crippen molar-refractivity contribution in [1.29, 1.82) is 0 Å². The van der Waals surface area contributed by atoms with Crippen molar-refractivity contribution in [2.75, 3.05) is 0 Å². The van der Waals surface area contributed by atoms with Crippen LogP contribution in [-0.4, -0.2) is 21.8 Å². The molecule has 0 heterocycles. The largest absolute Gasteiger partial charge is 0.504 e. The third-order valence-electron chi connectivity index (χ3n) is 8.32. The Labute approximate surface area is 149 Å².